The molecule has 3 rings (SSSR count). The van der Waals surface area contributed by atoms with Crippen LogP contribution in [0.15, 0.2) is 65.1 Å². The summed E-state index contributed by atoms with van der Waals surface area (Å²) in [6.07, 6.45) is 0.858. The van der Waals surface area contributed by atoms with Crippen LogP contribution in [0.5, 0.6) is 0 Å². The maximum atomic E-state index is 12.4. The third kappa shape index (κ3) is 4.76. The van der Waals surface area contributed by atoms with E-state index >= 15 is 0 Å². The van der Waals surface area contributed by atoms with Gasteiger partial charge in [0.1, 0.15) is 5.76 Å². The number of benzene rings is 2. The first-order valence-electron chi connectivity index (χ1n) is 9.30. The Morgan fingerprint density at radius 3 is 2.41 bits per heavy atom. The van der Waals surface area contributed by atoms with Gasteiger partial charge in [0.05, 0.1) is 0 Å². The molecule has 1 amide bonds. The molecule has 0 aliphatic carbocycles. The van der Waals surface area contributed by atoms with Crippen LogP contribution in [0.25, 0.3) is 11.5 Å². The molecule has 140 valence electrons. The number of aryl methyl sites for hydroxylation is 1. The summed E-state index contributed by atoms with van der Waals surface area (Å²) in [5.74, 6) is 0.812. The third-order valence-corrected chi connectivity index (χ3v) is 4.43. The summed E-state index contributed by atoms with van der Waals surface area (Å²) in [7, 11) is 0. The van der Waals surface area contributed by atoms with E-state index < -0.39 is 0 Å². The SMILES string of the molecule is CCN(CCCNC(=O)c1nc(-c2ccccc2)oc1C)c1ccccc1. The molecule has 5 nitrogen and oxygen atoms in total. The van der Waals surface area contributed by atoms with Crippen molar-refractivity contribution in [3.8, 4) is 11.5 Å². The summed E-state index contributed by atoms with van der Waals surface area (Å²) in [6, 6.07) is 19.9. The lowest BCUT2D eigenvalue weighted by molar-refractivity contribution is 0.0947. The number of para-hydroxylation sites is 1. The quantitative estimate of drug-likeness (QED) is 0.606. The topological polar surface area (TPSA) is 58.4 Å². The highest BCUT2D eigenvalue weighted by Gasteiger charge is 2.17. The zero-order valence-corrected chi connectivity index (χ0v) is 15.8. The molecule has 0 unspecified atom stereocenters. The summed E-state index contributed by atoms with van der Waals surface area (Å²) >= 11 is 0. The van der Waals surface area contributed by atoms with Crippen molar-refractivity contribution in [1.82, 2.24) is 10.3 Å². The van der Waals surface area contributed by atoms with Crippen LogP contribution in [-0.4, -0.2) is 30.5 Å². The van der Waals surface area contributed by atoms with E-state index in [4.69, 9.17) is 4.42 Å². The second-order valence-corrected chi connectivity index (χ2v) is 6.31. The maximum Gasteiger partial charge on any atom is 0.273 e. The van der Waals surface area contributed by atoms with E-state index in [1.807, 2.05) is 48.5 Å². The number of hydrogen-bond donors (Lipinski definition) is 1. The fourth-order valence-corrected chi connectivity index (χ4v) is 2.98. The largest absolute Gasteiger partial charge is 0.441 e. The molecule has 0 bridgehead atoms. The van der Waals surface area contributed by atoms with Crippen molar-refractivity contribution in [3.05, 3.63) is 72.1 Å². The van der Waals surface area contributed by atoms with Crippen molar-refractivity contribution in [1.29, 1.82) is 0 Å². The molecule has 0 radical (unpaired) electrons. The molecule has 0 spiro atoms. The van der Waals surface area contributed by atoms with Crippen LogP contribution >= 0.6 is 0 Å². The van der Waals surface area contributed by atoms with Gasteiger partial charge in [0, 0.05) is 30.9 Å². The number of nitrogens with one attached hydrogen (secondary N) is 1. The first-order chi connectivity index (χ1) is 13.2. The van der Waals surface area contributed by atoms with E-state index in [-0.39, 0.29) is 5.91 Å². The van der Waals surface area contributed by atoms with E-state index in [2.05, 4.69) is 34.3 Å². The van der Waals surface area contributed by atoms with E-state index in [1.54, 1.807) is 6.92 Å². The van der Waals surface area contributed by atoms with Crippen LogP contribution in [0.4, 0.5) is 5.69 Å². The van der Waals surface area contributed by atoms with E-state index in [0.29, 0.717) is 23.9 Å². The van der Waals surface area contributed by atoms with Crippen molar-refractivity contribution in [2.75, 3.05) is 24.5 Å². The number of hydrogen-bond acceptors (Lipinski definition) is 4. The van der Waals surface area contributed by atoms with Gasteiger partial charge in [-0.1, -0.05) is 36.4 Å². The van der Waals surface area contributed by atoms with Gasteiger partial charge in [-0.15, -0.1) is 0 Å². The summed E-state index contributed by atoms with van der Waals surface area (Å²) in [5.41, 5.74) is 2.41. The average Bonchev–Trinajstić information content (AvgIpc) is 3.11. The fraction of sp³-hybridized carbons (Fsp3) is 0.273. The molecule has 0 atom stereocenters. The molecule has 27 heavy (non-hydrogen) atoms. The van der Waals surface area contributed by atoms with Crippen molar-refractivity contribution in [3.63, 3.8) is 0 Å². The van der Waals surface area contributed by atoms with Crippen molar-refractivity contribution >= 4 is 11.6 Å². The molecule has 1 N–H and O–H groups in total. The minimum absolute atomic E-state index is 0.193. The number of nitrogens with zero attached hydrogens (tertiary/aromatic N) is 2. The summed E-state index contributed by atoms with van der Waals surface area (Å²) < 4.78 is 5.66. The van der Waals surface area contributed by atoms with E-state index in [0.717, 1.165) is 25.1 Å². The zero-order chi connectivity index (χ0) is 19.1. The third-order valence-electron chi connectivity index (χ3n) is 4.43. The van der Waals surface area contributed by atoms with Gasteiger partial charge >= 0.3 is 0 Å². The van der Waals surface area contributed by atoms with Crippen LogP contribution in [0.2, 0.25) is 0 Å². The maximum absolute atomic E-state index is 12.4. The molecular weight excluding hydrogens is 338 g/mol. The second kappa shape index (κ2) is 9.03. The monoisotopic (exact) mass is 363 g/mol. The minimum Gasteiger partial charge on any atom is -0.441 e. The molecule has 1 heterocycles. The van der Waals surface area contributed by atoms with E-state index in [1.165, 1.54) is 5.69 Å². The first kappa shape index (κ1) is 18.7. The summed E-state index contributed by atoms with van der Waals surface area (Å²) in [4.78, 5) is 19.1. The Balaban J connectivity index is 1.53. The molecule has 0 saturated heterocycles. The van der Waals surface area contributed by atoms with Gasteiger partial charge in [-0.25, -0.2) is 4.98 Å². The van der Waals surface area contributed by atoms with Crippen molar-refractivity contribution in [2.24, 2.45) is 0 Å². The molecule has 0 saturated carbocycles. The average molecular weight is 363 g/mol. The van der Waals surface area contributed by atoms with Crippen LogP contribution in [-0.2, 0) is 0 Å². The van der Waals surface area contributed by atoms with Crippen LogP contribution < -0.4 is 10.2 Å². The minimum atomic E-state index is -0.193. The zero-order valence-electron chi connectivity index (χ0n) is 15.8. The molecule has 0 aliphatic heterocycles. The number of oxazole rings is 1. The van der Waals surface area contributed by atoms with Crippen molar-refractivity contribution < 1.29 is 9.21 Å². The van der Waals surface area contributed by atoms with Gasteiger partial charge in [0.2, 0.25) is 5.89 Å². The fourth-order valence-electron chi connectivity index (χ4n) is 2.98. The number of carbonyl (C=O) groups excluding carboxylic acids is 1. The van der Waals surface area contributed by atoms with Gasteiger partial charge in [-0.3, -0.25) is 4.79 Å². The predicted octanol–water partition coefficient (Wildman–Crippen LogP) is 4.30. The number of carbonyl (C=O) groups is 1. The van der Waals surface area contributed by atoms with Crippen LogP contribution in [0.1, 0.15) is 29.6 Å². The van der Waals surface area contributed by atoms with Crippen LogP contribution in [0, 0.1) is 6.92 Å². The number of amides is 1. The Labute approximate surface area is 160 Å². The van der Waals surface area contributed by atoms with E-state index in [9.17, 15) is 4.79 Å². The van der Waals surface area contributed by atoms with Crippen molar-refractivity contribution in [2.45, 2.75) is 20.3 Å². The predicted molar refractivity (Wildman–Crippen MR) is 108 cm³/mol. The second-order valence-electron chi connectivity index (χ2n) is 6.31. The molecule has 0 fully saturated rings. The molecule has 0 aliphatic rings. The Bertz CT molecular complexity index is 860. The lowest BCUT2D eigenvalue weighted by atomic mass is 10.2. The summed E-state index contributed by atoms with van der Waals surface area (Å²) in [6.45, 7) is 6.31. The molecule has 1 aromatic heterocycles. The first-order valence-corrected chi connectivity index (χ1v) is 9.30. The van der Waals surface area contributed by atoms with Crippen LogP contribution in [0.3, 0.4) is 0 Å². The Kier molecular flexibility index (Phi) is 6.26. The van der Waals surface area contributed by atoms with Gasteiger partial charge in [0.15, 0.2) is 5.69 Å². The van der Waals surface area contributed by atoms with Gasteiger partial charge < -0.3 is 14.6 Å². The number of rotatable bonds is 8. The number of aromatic nitrogens is 1. The molecule has 3 aromatic rings. The summed E-state index contributed by atoms with van der Waals surface area (Å²) in [5, 5.41) is 2.95. The molecular formula is C22H25N3O2. The normalized spacial score (nSPS) is 10.6. The van der Waals surface area contributed by atoms with Gasteiger partial charge in [-0.05, 0) is 44.5 Å². The molecule has 2 aromatic carbocycles. The number of anilines is 1. The Morgan fingerprint density at radius 2 is 1.74 bits per heavy atom. The Hall–Kier alpha value is -3.08. The smallest absolute Gasteiger partial charge is 0.273 e. The lowest BCUT2D eigenvalue weighted by Gasteiger charge is -2.23. The van der Waals surface area contributed by atoms with Gasteiger partial charge in [0.25, 0.3) is 5.91 Å². The lowest BCUT2D eigenvalue weighted by Crippen LogP contribution is -2.30. The Morgan fingerprint density at radius 1 is 1.07 bits per heavy atom. The highest BCUT2D eigenvalue weighted by atomic mass is 16.4. The highest BCUT2D eigenvalue weighted by molar-refractivity contribution is 5.93. The highest BCUT2D eigenvalue weighted by Crippen LogP contribution is 2.21. The van der Waals surface area contributed by atoms with Gasteiger partial charge in [-0.2, -0.15) is 0 Å². The molecule has 5 heteroatoms. The standard InChI is InChI=1S/C22H25N3O2/c1-3-25(19-13-8-5-9-14-19)16-10-15-23-21(26)20-17(2)27-22(24-20)18-11-6-4-7-12-18/h4-9,11-14H,3,10,15-16H2,1-2H3,(H,23,26).